The van der Waals surface area contributed by atoms with Crippen molar-refractivity contribution in [3.05, 3.63) is 66.2 Å². The molecule has 0 atom stereocenters. The summed E-state index contributed by atoms with van der Waals surface area (Å²) in [6, 6.07) is 18.7. The lowest BCUT2D eigenvalue weighted by Gasteiger charge is -2.28. The number of anilines is 2. The lowest BCUT2D eigenvalue weighted by molar-refractivity contribution is -0.119. The lowest BCUT2D eigenvalue weighted by atomic mass is 10.1. The van der Waals surface area contributed by atoms with Crippen LogP contribution in [0.5, 0.6) is 5.75 Å². The zero-order valence-corrected chi connectivity index (χ0v) is 17.3. The van der Waals surface area contributed by atoms with Crippen molar-refractivity contribution in [2.75, 3.05) is 50.2 Å². The Bertz CT molecular complexity index is 1080. The molecule has 1 saturated heterocycles. The first-order valence-electron chi connectivity index (χ1n) is 10.1. The fraction of sp³-hybridized carbons (Fsp3) is 0.250. The van der Waals surface area contributed by atoms with E-state index >= 15 is 0 Å². The van der Waals surface area contributed by atoms with Crippen LogP contribution in [0.1, 0.15) is 10.4 Å². The van der Waals surface area contributed by atoms with Gasteiger partial charge in [0.2, 0.25) is 0 Å². The Kier molecular flexibility index (Phi) is 6.33. The number of carbonyl (C=O) groups excluding carboxylic acids is 2. The molecule has 0 aliphatic carbocycles. The van der Waals surface area contributed by atoms with Crippen molar-refractivity contribution in [2.45, 2.75) is 0 Å². The van der Waals surface area contributed by atoms with Crippen LogP contribution in [0.4, 0.5) is 11.4 Å². The number of nitrogens with zero attached hydrogens (tertiary/aromatic N) is 1. The number of hydrogen-bond acceptors (Lipinski definition) is 6. The summed E-state index contributed by atoms with van der Waals surface area (Å²) in [6.07, 6.45) is 0. The minimum absolute atomic E-state index is 0.281. The van der Waals surface area contributed by atoms with Gasteiger partial charge in [-0.3, -0.25) is 4.79 Å². The minimum atomic E-state index is -0.611. The largest absolute Gasteiger partial charge is 0.496 e. The minimum Gasteiger partial charge on any atom is -0.496 e. The molecule has 1 aliphatic heterocycles. The molecule has 31 heavy (non-hydrogen) atoms. The summed E-state index contributed by atoms with van der Waals surface area (Å²) in [6.45, 7) is 2.73. The molecule has 7 heteroatoms. The molecule has 3 aromatic rings. The van der Waals surface area contributed by atoms with Crippen LogP contribution in [-0.2, 0) is 14.3 Å². The summed E-state index contributed by atoms with van der Waals surface area (Å²) in [5.41, 5.74) is 2.00. The lowest BCUT2D eigenvalue weighted by Crippen LogP contribution is -2.36. The van der Waals surface area contributed by atoms with Crippen LogP contribution in [0.3, 0.4) is 0 Å². The number of esters is 1. The Morgan fingerprint density at radius 2 is 1.68 bits per heavy atom. The monoisotopic (exact) mass is 420 g/mol. The van der Waals surface area contributed by atoms with Crippen LogP contribution in [0.15, 0.2) is 60.7 Å². The molecular formula is C24H24N2O5. The van der Waals surface area contributed by atoms with Crippen LogP contribution in [0, 0.1) is 0 Å². The van der Waals surface area contributed by atoms with Crippen molar-refractivity contribution in [3.63, 3.8) is 0 Å². The standard InChI is InChI=1S/C24H24N2O5/c1-29-22-15-18-5-3-2-4-17(18)14-21(22)24(28)31-16-23(27)25-19-6-8-20(9-7-19)26-10-12-30-13-11-26/h2-9,14-15H,10-13,16H2,1H3,(H,25,27). The van der Waals surface area contributed by atoms with Gasteiger partial charge in [0.05, 0.1) is 20.3 Å². The summed E-state index contributed by atoms with van der Waals surface area (Å²) in [7, 11) is 1.49. The highest BCUT2D eigenvalue weighted by Crippen LogP contribution is 2.26. The molecule has 0 saturated carbocycles. The quantitative estimate of drug-likeness (QED) is 0.616. The summed E-state index contributed by atoms with van der Waals surface area (Å²) in [5.74, 6) is -0.615. The predicted octanol–water partition coefficient (Wildman–Crippen LogP) is 3.48. The first kappa shape index (κ1) is 20.7. The molecule has 0 spiro atoms. The molecule has 1 fully saturated rings. The predicted molar refractivity (Wildman–Crippen MR) is 119 cm³/mol. The van der Waals surface area contributed by atoms with Gasteiger partial charge in [0.25, 0.3) is 5.91 Å². The van der Waals surface area contributed by atoms with E-state index in [4.69, 9.17) is 14.2 Å². The third kappa shape index (κ3) is 4.95. The number of ether oxygens (including phenoxy) is 3. The number of rotatable bonds is 6. The van der Waals surface area contributed by atoms with Gasteiger partial charge in [-0.1, -0.05) is 24.3 Å². The third-order valence-electron chi connectivity index (χ3n) is 5.15. The van der Waals surface area contributed by atoms with E-state index in [-0.39, 0.29) is 12.2 Å². The van der Waals surface area contributed by atoms with Gasteiger partial charge in [-0.2, -0.15) is 0 Å². The van der Waals surface area contributed by atoms with E-state index in [2.05, 4.69) is 10.2 Å². The molecule has 3 aromatic carbocycles. The average molecular weight is 420 g/mol. The molecule has 1 heterocycles. The molecule has 0 unspecified atom stereocenters. The molecule has 0 aromatic heterocycles. The highest BCUT2D eigenvalue weighted by Gasteiger charge is 2.17. The summed E-state index contributed by atoms with van der Waals surface area (Å²) in [4.78, 5) is 27.0. The molecule has 4 rings (SSSR count). The maximum atomic E-state index is 12.5. The van der Waals surface area contributed by atoms with Gasteiger partial charge in [0.15, 0.2) is 6.61 Å². The van der Waals surface area contributed by atoms with Crippen molar-refractivity contribution in [1.29, 1.82) is 0 Å². The second-order valence-electron chi connectivity index (χ2n) is 7.17. The molecule has 7 nitrogen and oxygen atoms in total. The summed E-state index contributed by atoms with van der Waals surface area (Å²) in [5, 5.41) is 4.59. The van der Waals surface area contributed by atoms with Crippen molar-refractivity contribution >= 4 is 34.0 Å². The van der Waals surface area contributed by atoms with Crippen LogP contribution in [0.2, 0.25) is 0 Å². The maximum Gasteiger partial charge on any atom is 0.342 e. The smallest absolute Gasteiger partial charge is 0.342 e. The van der Waals surface area contributed by atoms with Crippen LogP contribution in [0.25, 0.3) is 10.8 Å². The second kappa shape index (κ2) is 9.49. The number of benzene rings is 3. The molecule has 0 bridgehead atoms. The maximum absolute atomic E-state index is 12.5. The molecule has 1 amide bonds. The SMILES string of the molecule is COc1cc2ccccc2cc1C(=O)OCC(=O)Nc1ccc(N2CCOCC2)cc1. The topological polar surface area (TPSA) is 77.1 Å². The number of hydrogen-bond donors (Lipinski definition) is 1. The average Bonchev–Trinajstić information content (AvgIpc) is 2.82. The van der Waals surface area contributed by atoms with E-state index in [9.17, 15) is 9.59 Å². The first-order chi connectivity index (χ1) is 15.1. The van der Waals surface area contributed by atoms with Gasteiger partial charge < -0.3 is 24.4 Å². The fourth-order valence-electron chi connectivity index (χ4n) is 3.53. The molecule has 1 N–H and O–H groups in total. The van der Waals surface area contributed by atoms with Gasteiger partial charge in [0.1, 0.15) is 11.3 Å². The van der Waals surface area contributed by atoms with Crippen molar-refractivity contribution in [1.82, 2.24) is 0 Å². The molecule has 160 valence electrons. The summed E-state index contributed by atoms with van der Waals surface area (Å²) < 4.78 is 15.9. The van der Waals surface area contributed by atoms with E-state index in [0.29, 0.717) is 24.7 Å². The number of carbonyl (C=O) groups is 2. The van der Waals surface area contributed by atoms with Crippen molar-refractivity contribution < 1.29 is 23.8 Å². The van der Waals surface area contributed by atoms with E-state index < -0.39 is 11.9 Å². The van der Waals surface area contributed by atoms with E-state index in [1.54, 1.807) is 12.1 Å². The Morgan fingerprint density at radius 3 is 2.35 bits per heavy atom. The zero-order valence-electron chi connectivity index (χ0n) is 17.3. The Hall–Kier alpha value is -3.58. The van der Waals surface area contributed by atoms with E-state index in [0.717, 1.165) is 29.5 Å². The van der Waals surface area contributed by atoms with Crippen LogP contribution < -0.4 is 15.0 Å². The summed E-state index contributed by atoms with van der Waals surface area (Å²) >= 11 is 0. The highest BCUT2D eigenvalue weighted by molar-refractivity contribution is 6.00. The normalized spacial score (nSPS) is 13.6. The van der Waals surface area contributed by atoms with Crippen molar-refractivity contribution in [3.8, 4) is 5.75 Å². The van der Waals surface area contributed by atoms with Gasteiger partial charge >= 0.3 is 5.97 Å². The number of methoxy groups -OCH3 is 1. The number of fused-ring (bicyclic) bond motifs is 1. The second-order valence-corrected chi connectivity index (χ2v) is 7.17. The third-order valence-corrected chi connectivity index (χ3v) is 5.15. The van der Waals surface area contributed by atoms with Crippen LogP contribution >= 0.6 is 0 Å². The van der Waals surface area contributed by atoms with E-state index in [1.165, 1.54) is 7.11 Å². The van der Waals surface area contributed by atoms with Crippen LogP contribution in [-0.4, -0.2) is 51.9 Å². The fourth-order valence-corrected chi connectivity index (χ4v) is 3.53. The first-order valence-corrected chi connectivity index (χ1v) is 10.1. The molecule has 1 aliphatic rings. The number of nitrogens with one attached hydrogen (secondary N) is 1. The van der Waals surface area contributed by atoms with Gasteiger partial charge in [-0.15, -0.1) is 0 Å². The Balaban J connectivity index is 1.35. The number of morpholine rings is 1. The van der Waals surface area contributed by atoms with E-state index in [1.807, 2.05) is 48.5 Å². The number of amides is 1. The van der Waals surface area contributed by atoms with Crippen molar-refractivity contribution in [2.24, 2.45) is 0 Å². The molecule has 0 radical (unpaired) electrons. The zero-order chi connectivity index (χ0) is 21.6. The van der Waals surface area contributed by atoms with Gasteiger partial charge in [-0.05, 0) is 47.2 Å². The van der Waals surface area contributed by atoms with Gasteiger partial charge in [-0.25, -0.2) is 4.79 Å². The van der Waals surface area contributed by atoms with Gasteiger partial charge in [0, 0.05) is 24.5 Å². The Morgan fingerprint density at radius 1 is 1.00 bits per heavy atom. The Labute approximate surface area is 180 Å². The molecular weight excluding hydrogens is 396 g/mol. The highest BCUT2D eigenvalue weighted by atomic mass is 16.5.